The van der Waals surface area contributed by atoms with Gasteiger partial charge in [0.15, 0.2) is 0 Å². The second-order valence-electron chi connectivity index (χ2n) is 3.56. The Bertz CT molecular complexity index is 405. The summed E-state index contributed by atoms with van der Waals surface area (Å²) < 4.78 is 5.20. The lowest BCUT2D eigenvalue weighted by Crippen LogP contribution is -2.03. The molecule has 3 nitrogen and oxygen atoms in total. The van der Waals surface area contributed by atoms with E-state index in [-0.39, 0.29) is 0 Å². The molecule has 0 aromatic heterocycles. The first-order valence-electron chi connectivity index (χ1n) is 5.22. The molecule has 0 saturated carbocycles. The predicted molar refractivity (Wildman–Crippen MR) is 67.2 cm³/mol. The highest BCUT2D eigenvalue weighted by molar-refractivity contribution is 7.39. The van der Waals surface area contributed by atoms with E-state index in [0.717, 1.165) is 11.1 Å². The Kier molecular flexibility index (Phi) is 4.24. The lowest BCUT2D eigenvalue weighted by Gasteiger charge is -2.18. The van der Waals surface area contributed by atoms with E-state index in [4.69, 9.17) is 14.3 Å². The van der Waals surface area contributed by atoms with Gasteiger partial charge in [0.25, 0.3) is 0 Å². The Morgan fingerprint density at radius 2 is 1.18 bits per heavy atom. The summed E-state index contributed by atoms with van der Waals surface area (Å²) in [7, 11) is -2.39. The quantitative estimate of drug-likeness (QED) is 0.818. The Balaban J connectivity index is 2.32. The van der Waals surface area contributed by atoms with Crippen molar-refractivity contribution < 1.29 is 14.3 Å². The maximum Gasteiger partial charge on any atom is 0.327 e. The molecule has 0 bridgehead atoms. The number of hydrogen-bond acceptors (Lipinski definition) is 3. The van der Waals surface area contributed by atoms with E-state index in [2.05, 4.69) is 0 Å². The zero-order valence-corrected chi connectivity index (χ0v) is 10.00. The molecule has 0 amide bonds. The van der Waals surface area contributed by atoms with Crippen molar-refractivity contribution in [2.45, 2.75) is 6.10 Å². The minimum absolute atomic E-state index is 0.446. The monoisotopic (exact) mass is 248 g/mol. The number of benzene rings is 2. The summed E-state index contributed by atoms with van der Waals surface area (Å²) in [4.78, 5) is 18.1. The molecular weight excluding hydrogens is 235 g/mol. The average molecular weight is 248 g/mol. The van der Waals surface area contributed by atoms with Crippen LogP contribution in [0.5, 0.6) is 0 Å². The Labute approximate surface area is 101 Å². The number of hydrogen-bond donors (Lipinski definition) is 2. The third-order valence-electron chi connectivity index (χ3n) is 2.40. The predicted octanol–water partition coefficient (Wildman–Crippen LogP) is 3.00. The number of rotatable bonds is 4. The van der Waals surface area contributed by atoms with Crippen LogP contribution in [0.3, 0.4) is 0 Å². The summed E-state index contributed by atoms with van der Waals surface area (Å²) in [5, 5.41) is 0. The van der Waals surface area contributed by atoms with Crippen LogP contribution in [0.4, 0.5) is 0 Å². The molecule has 0 aliphatic carbocycles. The SMILES string of the molecule is OP(O)OC(c1ccccc1)c1ccccc1. The van der Waals surface area contributed by atoms with Crippen molar-refractivity contribution in [2.24, 2.45) is 0 Å². The van der Waals surface area contributed by atoms with Gasteiger partial charge < -0.3 is 9.79 Å². The van der Waals surface area contributed by atoms with Crippen LogP contribution in [-0.4, -0.2) is 9.79 Å². The maximum atomic E-state index is 9.04. The normalized spacial score (nSPS) is 11.1. The van der Waals surface area contributed by atoms with E-state index in [0.29, 0.717) is 0 Å². The Morgan fingerprint density at radius 1 is 0.765 bits per heavy atom. The smallest absolute Gasteiger partial charge is 0.327 e. The van der Waals surface area contributed by atoms with E-state index in [1.54, 1.807) is 0 Å². The van der Waals surface area contributed by atoms with Crippen LogP contribution in [0, 0.1) is 0 Å². The van der Waals surface area contributed by atoms with Gasteiger partial charge in [-0.3, -0.25) is 4.52 Å². The molecule has 0 fully saturated rings. The second-order valence-corrected chi connectivity index (χ2v) is 4.28. The molecule has 2 rings (SSSR count). The Morgan fingerprint density at radius 3 is 1.53 bits per heavy atom. The van der Waals surface area contributed by atoms with Gasteiger partial charge in [-0.2, -0.15) is 0 Å². The van der Waals surface area contributed by atoms with Crippen molar-refractivity contribution in [3.05, 3.63) is 71.8 Å². The van der Waals surface area contributed by atoms with E-state index < -0.39 is 14.7 Å². The fourth-order valence-corrected chi connectivity index (χ4v) is 2.10. The highest BCUT2D eigenvalue weighted by atomic mass is 31.2. The molecule has 0 spiro atoms. The van der Waals surface area contributed by atoms with E-state index in [9.17, 15) is 0 Å². The molecule has 2 aromatic carbocycles. The van der Waals surface area contributed by atoms with Crippen molar-refractivity contribution in [3.8, 4) is 0 Å². The van der Waals surface area contributed by atoms with Crippen LogP contribution in [0.2, 0.25) is 0 Å². The molecule has 17 heavy (non-hydrogen) atoms. The van der Waals surface area contributed by atoms with Gasteiger partial charge in [0.05, 0.1) is 0 Å². The van der Waals surface area contributed by atoms with Crippen LogP contribution in [0.25, 0.3) is 0 Å². The van der Waals surface area contributed by atoms with E-state index in [1.165, 1.54) is 0 Å². The van der Waals surface area contributed by atoms with Gasteiger partial charge in [-0.25, -0.2) is 0 Å². The van der Waals surface area contributed by atoms with Crippen molar-refractivity contribution in [2.75, 3.05) is 0 Å². The third kappa shape index (κ3) is 3.35. The van der Waals surface area contributed by atoms with Gasteiger partial charge in [-0.05, 0) is 11.1 Å². The van der Waals surface area contributed by atoms with Crippen LogP contribution >= 0.6 is 8.60 Å². The lowest BCUT2D eigenvalue weighted by molar-refractivity contribution is 0.204. The van der Waals surface area contributed by atoms with Crippen LogP contribution in [0.1, 0.15) is 17.2 Å². The van der Waals surface area contributed by atoms with Crippen LogP contribution in [0.15, 0.2) is 60.7 Å². The molecule has 2 N–H and O–H groups in total. The van der Waals surface area contributed by atoms with Gasteiger partial charge in [-0.1, -0.05) is 60.7 Å². The first-order valence-corrected chi connectivity index (χ1v) is 6.38. The molecule has 0 aliphatic rings. The van der Waals surface area contributed by atoms with Crippen molar-refractivity contribution in [3.63, 3.8) is 0 Å². The standard InChI is InChI=1S/C13H13O3P/c14-17(15)16-13(11-7-3-1-4-8-11)12-9-5-2-6-10-12/h1-10,13-15H. The van der Waals surface area contributed by atoms with Crippen molar-refractivity contribution >= 4 is 8.60 Å². The summed E-state index contributed by atoms with van der Waals surface area (Å²) in [5.41, 5.74) is 1.80. The molecule has 4 heteroatoms. The van der Waals surface area contributed by atoms with Gasteiger partial charge in [0.2, 0.25) is 0 Å². The lowest BCUT2D eigenvalue weighted by atomic mass is 10.0. The van der Waals surface area contributed by atoms with E-state index in [1.807, 2.05) is 60.7 Å². The van der Waals surface area contributed by atoms with Crippen LogP contribution in [-0.2, 0) is 4.52 Å². The summed E-state index contributed by atoms with van der Waals surface area (Å²) in [6.45, 7) is 0. The maximum absolute atomic E-state index is 9.04. The van der Waals surface area contributed by atoms with Gasteiger partial charge in [0.1, 0.15) is 6.10 Å². The summed E-state index contributed by atoms with van der Waals surface area (Å²) in [5.74, 6) is 0. The molecule has 0 unspecified atom stereocenters. The Hall–Kier alpha value is -1.25. The molecule has 0 heterocycles. The first-order chi connectivity index (χ1) is 8.27. The van der Waals surface area contributed by atoms with Gasteiger partial charge in [0, 0.05) is 0 Å². The topological polar surface area (TPSA) is 49.7 Å². The van der Waals surface area contributed by atoms with Gasteiger partial charge >= 0.3 is 8.60 Å². The molecule has 88 valence electrons. The highest BCUT2D eigenvalue weighted by Crippen LogP contribution is 2.37. The molecular formula is C13H13O3P. The summed E-state index contributed by atoms with van der Waals surface area (Å²) >= 11 is 0. The van der Waals surface area contributed by atoms with Crippen molar-refractivity contribution in [1.82, 2.24) is 0 Å². The summed E-state index contributed by atoms with van der Waals surface area (Å²) in [6.07, 6.45) is -0.446. The molecule has 0 atom stereocenters. The minimum Gasteiger partial charge on any atom is -0.328 e. The zero-order valence-electron chi connectivity index (χ0n) is 9.10. The van der Waals surface area contributed by atoms with Gasteiger partial charge in [-0.15, -0.1) is 0 Å². The highest BCUT2D eigenvalue weighted by Gasteiger charge is 2.17. The largest absolute Gasteiger partial charge is 0.328 e. The average Bonchev–Trinajstić information content (AvgIpc) is 2.38. The van der Waals surface area contributed by atoms with Crippen molar-refractivity contribution in [1.29, 1.82) is 0 Å². The second kappa shape index (κ2) is 5.89. The molecule has 0 aliphatic heterocycles. The fourth-order valence-electron chi connectivity index (χ4n) is 1.66. The third-order valence-corrected chi connectivity index (χ3v) is 2.80. The molecule has 2 aromatic rings. The summed E-state index contributed by atoms with van der Waals surface area (Å²) in [6, 6.07) is 19.0. The zero-order chi connectivity index (χ0) is 12.1. The van der Waals surface area contributed by atoms with E-state index >= 15 is 0 Å². The fraction of sp³-hybridized carbons (Fsp3) is 0.0769. The van der Waals surface area contributed by atoms with Crippen LogP contribution < -0.4 is 0 Å². The molecule has 0 radical (unpaired) electrons. The molecule has 0 saturated heterocycles. The first kappa shape index (κ1) is 12.2. The minimum atomic E-state index is -2.39.